The van der Waals surface area contributed by atoms with Crippen LogP contribution >= 0.6 is 23.2 Å². The van der Waals surface area contributed by atoms with Crippen LogP contribution in [-0.4, -0.2) is 11.1 Å². The average Bonchev–Trinajstić information content (AvgIpc) is 2.46. The SMILES string of the molecule is O=C(O)c1cc(CCl)ccc1-c1ccc(CCl)cc1. The largest absolute Gasteiger partial charge is 0.478 e. The minimum Gasteiger partial charge on any atom is -0.478 e. The van der Waals surface area contributed by atoms with E-state index in [2.05, 4.69) is 0 Å². The maximum absolute atomic E-state index is 11.3. The second-order valence-electron chi connectivity index (χ2n) is 4.15. The summed E-state index contributed by atoms with van der Waals surface area (Å²) in [6.07, 6.45) is 0. The third-order valence-corrected chi connectivity index (χ3v) is 3.51. The minimum absolute atomic E-state index is 0.261. The van der Waals surface area contributed by atoms with Crippen LogP contribution in [0.4, 0.5) is 0 Å². The normalized spacial score (nSPS) is 10.4. The van der Waals surface area contributed by atoms with Gasteiger partial charge in [-0.25, -0.2) is 4.79 Å². The van der Waals surface area contributed by atoms with Crippen LogP contribution in [0, 0.1) is 0 Å². The van der Waals surface area contributed by atoms with Crippen molar-refractivity contribution in [3.05, 3.63) is 59.2 Å². The number of rotatable bonds is 4. The quantitative estimate of drug-likeness (QED) is 0.841. The fourth-order valence-corrected chi connectivity index (χ4v) is 2.22. The Morgan fingerprint density at radius 2 is 1.53 bits per heavy atom. The number of hydrogen-bond acceptors (Lipinski definition) is 1. The first-order valence-corrected chi connectivity index (χ1v) is 6.80. The van der Waals surface area contributed by atoms with Crippen molar-refractivity contribution in [1.82, 2.24) is 0 Å². The van der Waals surface area contributed by atoms with E-state index in [-0.39, 0.29) is 5.56 Å². The van der Waals surface area contributed by atoms with Gasteiger partial charge in [-0.15, -0.1) is 23.2 Å². The van der Waals surface area contributed by atoms with Crippen molar-refractivity contribution in [2.24, 2.45) is 0 Å². The Labute approximate surface area is 121 Å². The van der Waals surface area contributed by atoms with E-state index in [4.69, 9.17) is 23.2 Å². The van der Waals surface area contributed by atoms with E-state index in [1.165, 1.54) is 0 Å². The summed E-state index contributed by atoms with van der Waals surface area (Å²) in [6, 6.07) is 12.8. The van der Waals surface area contributed by atoms with Crippen LogP contribution in [0.1, 0.15) is 21.5 Å². The first-order chi connectivity index (χ1) is 9.15. The molecule has 4 heteroatoms. The number of benzene rings is 2. The highest BCUT2D eigenvalue weighted by atomic mass is 35.5. The monoisotopic (exact) mass is 294 g/mol. The van der Waals surface area contributed by atoms with Crippen molar-refractivity contribution in [2.45, 2.75) is 11.8 Å². The van der Waals surface area contributed by atoms with E-state index in [0.717, 1.165) is 16.7 Å². The van der Waals surface area contributed by atoms with Gasteiger partial charge in [0.25, 0.3) is 0 Å². The molecule has 0 heterocycles. The minimum atomic E-state index is -0.955. The maximum atomic E-state index is 11.3. The van der Waals surface area contributed by atoms with Crippen LogP contribution in [-0.2, 0) is 11.8 Å². The van der Waals surface area contributed by atoms with Crippen LogP contribution < -0.4 is 0 Å². The molecule has 0 bridgehead atoms. The zero-order valence-electron chi connectivity index (χ0n) is 10.1. The van der Waals surface area contributed by atoms with Crippen molar-refractivity contribution in [1.29, 1.82) is 0 Å². The molecule has 0 saturated heterocycles. The average molecular weight is 295 g/mol. The molecule has 2 rings (SSSR count). The molecule has 0 aliphatic carbocycles. The van der Waals surface area contributed by atoms with Gasteiger partial charge in [-0.1, -0.05) is 36.4 Å². The van der Waals surface area contributed by atoms with Crippen molar-refractivity contribution in [2.75, 3.05) is 0 Å². The van der Waals surface area contributed by atoms with Crippen LogP contribution in [0.5, 0.6) is 0 Å². The van der Waals surface area contributed by atoms with Crippen LogP contribution in [0.15, 0.2) is 42.5 Å². The van der Waals surface area contributed by atoms with Gasteiger partial charge in [0, 0.05) is 11.8 Å². The van der Waals surface area contributed by atoms with Gasteiger partial charge in [0.2, 0.25) is 0 Å². The van der Waals surface area contributed by atoms with Gasteiger partial charge < -0.3 is 5.11 Å². The van der Waals surface area contributed by atoms with Crippen LogP contribution in [0.3, 0.4) is 0 Å². The number of carboxylic acid groups (broad SMARTS) is 1. The molecule has 2 aromatic rings. The molecule has 0 amide bonds. The number of aromatic carboxylic acids is 1. The van der Waals surface area contributed by atoms with Crippen molar-refractivity contribution >= 4 is 29.2 Å². The van der Waals surface area contributed by atoms with E-state index in [0.29, 0.717) is 17.3 Å². The lowest BCUT2D eigenvalue weighted by atomic mass is 9.97. The standard InChI is InChI=1S/C15H12Cl2O2/c16-8-10-1-4-12(5-2-10)13-6-3-11(9-17)7-14(13)15(18)19/h1-7H,8-9H2,(H,18,19). The van der Waals surface area contributed by atoms with Crippen molar-refractivity contribution < 1.29 is 9.90 Å². The lowest BCUT2D eigenvalue weighted by Crippen LogP contribution is -2.00. The third-order valence-electron chi connectivity index (χ3n) is 2.89. The third kappa shape index (κ3) is 3.09. The summed E-state index contributed by atoms with van der Waals surface area (Å²) in [5, 5.41) is 9.28. The number of hydrogen-bond donors (Lipinski definition) is 1. The summed E-state index contributed by atoms with van der Waals surface area (Å²) in [5.74, 6) is -0.216. The molecule has 0 aliphatic rings. The highest BCUT2D eigenvalue weighted by Crippen LogP contribution is 2.26. The van der Waals surface area contributed by atoms with Gasteiger partial charge in [0.1, 0.15) is 0 Å². The Balaban J connectivity index is 2.50. The summed E-state index contributed by atoms with van der Waals surface area (Å²) < 4.78 is 0. The Kier molecular flexibility index (Phi) is 4.46. The van der Waals surface area contributed by atoms with Gasteiger partial charge in [0.05, 0.1) is 5.56 Å². The molecule has 1 N–H and O–H groups in total. The summed E-state index contributed by atoms with van der Waals surface area (Å²) in [5.41, 5.74) is 3.59. The maximum Gasteiger partial charge on any atom is 0.336 e. The van der Waals surface area contributed by atoms with E-state index in [1.54, 1.807) is 12.1 Å². The highest BCUT2D eigenvalue weighted by molar-refractivity contribution is 6.17. The molecule has 0 atom stereocenters. The van der Waals surface area contributed by atoms with Gasteiger partial charge in [-0.3, -0.25) is 0 Å². The Bertz CT molecular complexity index is 592. The topological polar surface area (TPSA) is 37.3 Å². The van der Waals surface area contributed by atoms with Gasteiger partial charge in [-0.2, -0.15) is 0 Å². The molecule has 0 saturated carbocycles. The fourth-order valence-electron chi connectivity index (χ4n) is 1.88. The Morgan fingerprint density at radius 3 is 2.05 bits per heavy atom. The number of carbonyl (C=O) groups is 1. The van der Waals surface area contributed by atoms with Crippen LogP contribution in [0.2, 0.25) is 0 Å². The number of halogens is 2. The van der Waals surface area contributed by atoms with E-state index >= 15 is 0 Å². The molecule has 0 unspecified atom stereocenters. The Hall–Kier alpha value is -1.51. The van der Waals surface area contributed by atoms with Crippen molar-refractivity contribution in [3.63, 3.8) is 0 Å². The summed E-state index contributed by atoms with van der Waals surface area (Å²) in [7, 11) is 0. The first kappa shape index (κ1) is 13.9. The van der Waals surface area contributed by atoms with E-state index in [9.17, 15) is 9.90 Å². The molecule has 98 valence electrons. The summed E-state index contributed by atoms with van der Waals surface area (Å²) in [6.45, 7) is 0. The van der Waals surface area contributed by atoms with Crippen molar-refractivity contribution in [3.8, 4) is 11.1 Å². The van der Waals surface area contributed by atoms with E-state index < -0.39 is 5.97 Å². The second kappa shape index (κ2) is 6.09. The molecular formula is C15H12Cl2O2. The molecule has 19 heavy (non-hydrogen) atoms. The number of carboxylic acids is 1. The summed E-state index contributed by atoms with van der Waals surface area (Å²) in [4.78, 5) is 11.3. The molecule has 2 nitrogen and oxygen atoms in total. The molecule has 0 aromatic heterocycles. The zero-order valence-corrected chi connectivity index (χ0v) is 11.6. The first-order valence-electron chi connectivity index (χ1n) is 5.73. The lowest BCUT2D eigenvalue weighted by molar-refractivity contribution is 0.0697. The predicted octanol–water partition coefficient (Wildman–Crippen LogP) is 4.53. The summed E-state index contributed by atoms with van der Waals surface area (Å²) >= 11 is 11.5. The Morgan fingerprint density at radius 1 is 0.947 bits per heavy atom. The van der Waals surface area contributed by atoms with Crippen LogP contribution in [0.25, 0.3) is 11.1 Å². The molecule has 2 aromatic carbocycles. The van der Waals surface area contributed by atoms with E-state index in [1.807, 2.05) is 30.3 Å². The molecule has 0 spiro atoms. The zero-order chi connectivity index (χ0) is 13.8. The highest BCUT2D eigenvalue weighted by Gasteiger charge is 2.12. The molecule has 0 radical (unpaired) electrons. The fraction of sp³-hybridized carbons (Fsp3) is 0.133. The molecule has 0 fully saturated rings. The smallest absolute Gasteiger partial charge is 0.336 e. The molecule has 0 aliphatic heterocycles. The van der Waals surface area contributed by atoms with Gasteiger partial charge in [0.15, 0.2) is 0 Å². The lowest BCUT2D eigenvalue weighted by Gasteiger charge is -2.08. The van der Waals surface area contributed by atoms with Gasteiger partial charge in [-0.05, 0) is 28.3 Å². The van der Waals surface area contributed by atoms with Gasteiger partial charge >= 0.3 is 5.97 Å². The molecular weight excluding hydrogens is 283 g/mol. The predicted molar refractivity (Wildman–Crippen MR) is 78.0 cm³/mol. The second-order valence-corrected chi connectivity index (χ2v) is 4.68. The number of alkyl halides is 2.